The number of hydrogen-bond donors (Lipinski definition) is 0. The second-order valence-electron chi connectivity index (χ2n) is 20.2. The standard InChI is InChI=1S/C57H54N4/c1-53(2)47-32-38(40-16-26-51-49(34-40)54(3)28-8-10-30-56(54,5)60(51)43-20-12-37(36-58)13-21-43)14-24-45(47)46-25-15-39(33-48(46)53)41-17-27-52-50(35-41)55(4)29-9-11-31-57(55,6)61(52)44-22-18-42(59-7)19-23-44/h12-27,32-35H,8-11,28-31H2,1-6H3. The first kappa shape index (κ1) is 37.9. The largest absolute Gasteiger partial charge is 0.335 e. The van der Waals surface area contributed by atoms with Crippen molar-refractivity contribution in [2.75, 3.05) is 9.80 Å². The Kier molecular flexibility index (Phi) is 8.04. The van der Waals surface area contributed by atoms with Gasteiger partial charge in [-0.3, -0.25) is 0 Å². The van der Waals surface area contributed by atoms with E-state index in [4.69, 9.17) is 6.57 Å². The van der Waals surface area contributed by atoms with Gasteiger partial charge in [-0.2, -0.15) is 5.26 Å². The van der Waals surface area contributed by atoms with Crippen molar-refractivity contribution in [3.8, 4) is 39.4 Å². The first-order chi connectivity index (χ1) is 29.3. The summed E-state index contributed by atoms with van der Waals surface area (Å²) in [5, 5.41) is 9.52. The van der Waals surface area contributed by atoms with Crippen molar-refractivity contribution in [3.05, 3.63) is 161 Å². The van der Waals surface area contributed by atoms with Crippen molar-refractivity contribution in [2.24, 2.45) is 0 Å². The molecule has 0 radical (unpaired) electrons. The first-order valence-electron chi connectivity index (χ1n) is 22.5. The Morgan fingerprint density at radius 1 is 0.492 bits per heavy atom. The van der Waals surface area contributed by atoms with E-state index >= 15 is 0 Å². The van der Waals surface area contributed by atoms with Crippen molar-refractivity contribution >= 4 is 28.4 Å². The normalized spacial score (nSPS) is 26.3. The minimum absolute atomic E-state index is 0.0145. The number of hydrogen-bond acceptors (Lipinski definition) is 3. The molecular weight excluding hydrogens is 741 g/mol. The summed E-state index contributed by atoms with van der Waals surface area (Å²) in [4.78, 5) is 8.86. The lowest BCUT2D eigenvalue weighted by Gasteiger charge is -2.50. The molecular formula is C57H54N4. The lowest BCUT2D eigenvalue weighted by molar-refractivity contribution is 0.195. The van der Waals surface area contributed by atoms with Gasteiger partial charge in [0.15, 0.2) is 5.69 Å². The minimum Gasteiger partial charge on any atom is -0.335 e. The number of fused-ring (bicyclic) bond motifs is 9. The van der Waals surface area contributed by atoms with Crippen molar-refractivity contribution in [2.45, 2.75) is 120 Å². The van der Waals surface area contributed by atoms with Crippen LogP contribution in [0.25, 0.3) is 38.2 Å². The van der Waals surface area contributed by atoms with E-state index in [1.165, 1.54) is 117 Å². The van der Waals surface area contributed by atoms with Crippen LogP contribution in [-0.2, 0) is 16.2 Å². The van der Waals surface area contributed by atoms with Crippen molar-refractivity contribution < 1.29 is 0 Å². The number of nitriles is 1. The molecule has 302 valence electrons. The van der Waals surface area contributed by atoms with E-state index in [9.17, 15) is 5.26 Å². The molecule has 6 aromatic carbocycles. The summed E-state index contributed by atoms with van der Waals surface area (Å²) in [6, 6.07) is 47.6. The fourth-order valence-electron chi connectivity index (χ4n) is 13.1. The van der Waals surface area contributed by atoms with Gasteiger partial charge < -0.3 is 9.80 Å². The number of nitrogens with zero attached hydrogens (tertiary/aromatic N) is 4. The summed E-state index contributed by atoms with van der Waals surface area (Å²) in [6.07, 6.45) is 9.57. The van der Waals surface area contributed by atoms with Crippen LogP contribution in [0.4, 0.5) is 28.4 Å². The molecule has 4 nitrogen and oxygen atoms in total. The highest BCUT2D eigenvalue weighted by Crippen LogP contribution is 2.63. The summed E-state index contributed by atoms with van der Waals surface area (Å²) < 4.78 is 0. The van der Waals surface area contributed by atoms with Crippen LogP contribution in [0.1, 0.15) is 121 Å². The zero-order chi connectivity index (χ0) is 42.1. The van der Waals surface area contributed by atoms with Crippen LogP contribution >= 0.6 is 0 Å². The van der Waals surface area contributed by atoms with Gasteiger partial charge in [0.05, 0.1) is 29.3 Å². The summed E-state index contributed by atoms with van der Waals surface area (Å²) in [5.41, 5.74) is 19.6. The van der Waals surface area contributed by atoms with Gasteiger partial charge in [-0.05, 0) is 168 Å². The summed E-state index contributed by atoms with van der Waals surface area (Å²) in [5.74, 6) is 0. The van der Waals surface area contributed by atoms with Crippen LogP contribution in [0.15, 0.2) is 121 Å². The van der Waals surface area contributed by atoms with Crippen molar-refractivity contribution in [1.82, 2.24) is 0 Å². The molecule has 2 heterocycles. The third-order valence-electron chi connectivity index (χ3n) is 17.0. The molecule has 0 N–H and O–H groups in total. The molecule has 4 heteroatoms. The van der Waals surface area contributed by atoms with E-state index in [1.54, 1.807) is 0 Å². The van der Waals surface area contributed by atoms with E-state index in [2.05, 4.69) is 159 Å². The maximum absolute atomic E-state index is 9.52. The highest BCUT2D eigenvalue weighted by molar-refractivity contribution is 5.88. The molecule has 3 aliphatic carbocycles. The van der Waals surface area contributed by atoms with Gasteiger partial charge >= 0.3 is 0 Å². The number of rotatable bonds is 4. The smallest absolute Gasteiger partial charge is 0.187 e. The molecule has 61 heavy (non-hydrogen) atoms. The predicted octanol–water partition coefficient (Wildman–Crippen LogP) is 15.2. The van der Waals surface area contributed by atoms with Crippen molar-refractivity contribution in [1.29, 1.82) is 5.26 Å². The second kappa shape index (κ2) is 13.0. The zero-order valence-corrected chi connectivity index (χ0v) is 36.5. The van der Waals surface area contributed by atoms with Crippen molar-refractivity contribution in [3.63, 3.8) is 0 Å². The van der Waals surface area contributed by atoms with Crippen LogP contribution in [0.5, 0.6) is 0 Å². The highest BCUT2D eigenvalue weighted by atomic mass is 15.3. The van der Waals surface area contributed by atoms with Gasteiger partial charge in [0.2, 0.25) is 0 Å². The Labute approximate surface area is 362 Å². The third kappa shape index (κ3) is 5.03. The molecule has 5 aliphatic rings. The van der Waals surface area contributed by atoms with Crippen LogP contribution in [0.3, 0.4) is 0 Å². The molecule has 11 rings (SSSR count). The van der Waals surface area contributed by atoms with Crippen LogP contribution < -0.4 is 9.80 Å². The van der Waals surface area contributed by atoms with Gasteiger partial charge in [0.1, 0.15) is 0 Å². The average Bonchev–Trinajstić information content (AvgIpc) is 3.73. The molecule has 2 saturated carbocycles. The first-order valence-corrected chi connectivity index (χ1v) is 22.5. The summed E-state index contributed by atoms with van der Waals surface area (Å²) in [7, 11) is 0. The predicted molar refractivity (Wildman–Crippen MR) is 251 cm³/mol. The SMILES string of the molecule is [C-]#[N+]c1ccc(N2c3ccc(-c4ccc5c(c4)C(C)(C)c4cc(-c6ccc7c(c6)C6(C)CCCCC6(C)N7c6ccc(C#N)cc6)ccc4-5)cc3C3(C)CCCCC23C)cc1. The maximum Gasteiger partial charge on any atom is 0.187 e. The van der Waals surface area contributed by atoms with E-state index in [1.807, 2.05) is 24.3 Å². The number of benzene rings is 6. The zero-order valence-electron chi connectivity index (χ0n) is 36.5. The Bertz CT molecular complexity index is 2690. The second-order valence-corrected chi connectivity index (χ2v) is 20.2. The Hall–Kier alpha value is -6.10. The molecule has 0 aromatic heterocycles. The molecule has 2 aliphatic heterocycles. The molecule has 0 saturated heterocycles. The average molecular weight is 795 g/mol. The van der Waals surface area contributed by atoms with Gasteiger partial charge in [-0.15, -0.1) is 0 Å². The lowest BCUT2D eigenvalue weighted by Crippen LogP contribution is -2.54. The van der Waals surface area contributed by atoms with Crippen LogP contribution in [0.2, 0.25) is 0 Å². The van der Waals surface area contributed by atoms with E-state index in [0.717, 1.165) is 12.8 Å². The molecule has 2 fully saturated rings. The molecule has 0 bridgehead atoms. The number of anilines is 4. The minimum atomic E-state index is -0.160. The van der Waals surface area contributed by atoms with Gasteiger partial charge in [-0.25, -0.2) is 4.85 Å². The molecule has 4 atom stereocenters. The van der Waals surface area contributed by atoms with E-state index < -0.39 is 0 Å². The Balaban J connectivity index is 0.950. The topological polar surface area (TPSA) is 34.6 Å². The van der Waals surface area contributed by atoms with Gasteiger partial charge in [0, 0.05) is 39.0 Å². The monoisotopic (exact) mass is 794 g/mol. The Morgan fingerprint density at radius 3 is 1.31 bits per heavy atom. The van der Waals surface area contributed by atoms with E-state index in [-0.39, 0.29) is 27.3 Å². The molecule has 6 aromatic rings. The molecule has 4 unspecified atom stereocenters. The van der Waals surface area contributed by atoms with Crippen LogP contribution in [-0.4, -0.2) is 11.1 Å². The maximum atomic E-state index is 9.52. The Morgan fingerprint density at radius 2 is 0.885 bits per heavy atom. The van der Waals surface area contributed by atoms with Gasteiger partial charge in [-0.1, -0.05) is 102 Å². The van der Waals surface area contributed by atoms with E-state index in [0.29, 0.717) is 11.3 Å². The summed E-state index contributed by atoms with van der Waals surface area (Å²) >= 11 is 0. The highest BCUT2D eigenvalue weighted by Gasteiger charge is 2.59. The fraction of sp³-hybridized carbons (Fsp3) is 0.333. The van der Waals surface area contributed by atoms with Crippen LogP contribution in [0, 0.1) is 17.9 Å². The lowest BCUT2D eigenvalue weighted by atomic mass is 9.61. The summed E-state index contributed by atoms with van der Waals surface area (Å²) in [6.45, 7) is 22.3. The molecule has 0 spiro atoms. The molecule has 0 amide bonds. The third-order valence-corrected chi connectivity index (χ3v) is 17.0. The fourth-order valence-corrected chi connectivity index (χ4v) is 13.1. The van der Waals surface area contributed by atoms with Gasteiger partial charge in [0.25, 0.3) is 0 Å². The quantitative estimate of drug-likeness (QED) is 0.167.